The van der Waals surface area contributed by atoms with Crippen LogP contribution in [0.4, 0.5) is 5.69 Å². The molecule has 1 aliphatic rings. The lowest BCUT2D eigenvalue weighted by Gasteiger charge is -2.31. The molecule has 5 heteroatoms. The number of piperidine rings is 1. The normalized spacial score (nSPS) is 15.4. The minimum Gasteiger partial charge on any atom is -0.343 e. The summed E-state index contributed by atoms with van der Waals surface area (Å²) < 4.78 is 0. The van der Waals surface area contributed by atoms with E-state index in [1.165, 1.54) is 6.92 Å². The Kier molecular flexibility index (Phi) is 6.12. The Morgan fingerprint density at radius 3 is 2.46 bits per heavy atom. The molecule has 1 saturated heterocycles. The van der Waals surface area contributed by atoms with Gasteiger partial charge in [-0.1, -0.05) is 26.0 Å². The van der Waals surface area contributed by atoms with Crippen molar-refractivity contribution in [2.75, 3.05) is 18.4 Å². The van der Waals surface area contributed by atoms with Crippen LogP contribution < -0.4 is 5.32 Å². The molecular weight excluding hydrogens is 304 g/mol. The third-order valence-corrected chi connectivity index (χ3v) is 4.34. The number of Topliss-reactive ketones (excluding diaryl/α,β-unsaturated/α-hetero) is 1. The van der Waals surface area contributed by atoms with Crippen LogP contribution in [-0.2, 0) is 9.59 Å². The van der Waals surface area contributed by atoms with Crippen LogP contribution in [0.1, 0.15) is 50.4 Å². The molecule has 130 valence electrons. The molecule has 1 heterocycles. The maximum absolute atomic E-state index is 12.4. The SMILES string of the molecule is CC(=O)c1cccc(NC(=O)C2CCN(C(=O)CC(C)C)CC2)c1. The first-order valence-electron chi connectivity index (χ1n) is 8.56. The lowest BCUT2D eigenvalue weighted by atomic mass is 9.95. The number of hydrogen-bond donors (Lipinski definition) is 1. The number of hydrogen-bond acceptors (Lipinski definition) is 3. The van der Waals surface area contributed by atoms with E-state index in [2.05, 4.69) is 5.32 Å². The second kappa shape index (κ2) is 8.08. The predicted molar refractivity (Wildman–Crippen MR) is 93.8 cm³/mol. The van der Waals surface area contributed by atoms with Gasteiger partial charge in [0.15, 0.2) is 5.78 Å². The lowest BCUT2D eigenvalue weighted by Crippen LogP contribution is -2.41. The number of carbonyl (C=O) groups excluding carboxylic acids is 3. The van der Waals surface area contributed by atoms with Crippen molar-refractivity contribution in [1.29, 1.82) is 0 Å². The summed E-state index contributed by atoms with van der Waals surface area (Å²) >= 11 is 0. The van der Waals surface area contributed by atoms with Crippen molar-refractivity contribution in [2.24, 2.45) is 11.8 Å². The Hall–Kier alpha value is -2.17. The fraction of sp³-hybridized carbons (Fsp3) is 0.526. The summed E-state index contributed by atoms with van der Waals surface area (Å²) in [6.07, 6.45) is 1.93. The van der Waals surface area contributed by atoms with E-state index in [-0.39, 0.29) is 23.5 Å². The van der Waals surface area contributed by atoms with E-state index in [0.29, 0.717) is 49.5 Å². The number of ketones is 1. The monoisotopic (exact) mass is 330 g/mol. The number of anilines is 1. The first kappa shape index (κ1) is 18.2. The van der Waals surface area contributed by atoms with Crippen LogP contribution in [0.25, 0.3) is 0 Å². The van der Waals surface area contributed by atoms with Crippen molar-refractivity contribution in [2.45, 2.75) is 40.0 Å². The average molecular weight is 330 g/mol. The molecule has 0 spiro atoms. The molecule has 0 aromatic heterocycles. The van der Waals surface area contributed by atoms with Crippen molar-refractivity contribution in [3.05, 3.63) is 29.8 Å². The first-order chi connectivity index (χ1) is 11.4. The largest absolute Gasteiger partial charge is 0.343 e. The number of likely N-dealkylation sites (tertiary alicyclic amines) is 1. The summed E-state index contributed by atoms with van der Waals surface area (Å²) in [7, 11) is 0. The van der Waals surface area contributed by atoms with E-state index in [4.69, 9.17) is 0 Å². The van der Waals surface area contributed by atoms with Gasteiger partial charge in [0.25, 0.3) is 0 Å². The summed E-state index contributed by atoms with van der Waals surface area (Å²) in [6, 6.07) is 6.98. The third-order valence-electron chi connectivity index (χ3n) is 4.34. The van der Waals surface area contributed by atoms with Gasteiger partial charge in [0.2, 0.25) is 11.8 Å². The highest BCUT2D eigenvalue weighted by Gasteiger charge is 2.27. The Morgan fingerprint density at radius 2 is 1.88 bits per heavy atom. The zero-order valence-electron chi connectivity index (χ0n) is 14.7. The average Bonchev–Trinajstić information content (AvgIpc) is 2.54. The molecule has 0 unspecified atom stereocenters. The second-order valence-electron chi connectivity index (χ2n) is 6.88. The minimum atomic E-state index is -0.0888. The van der Waals surface area contributed by atoms with Crippen molar-refractivity contribution < 1.29 is 14.4 Å². The van der Waals surface area contributed by atoms with E-state index in [0.717, 1.165) is 0 Å². The molecule has 0 bridgehead atoms. The van der Waals surface area contributed by atoms with Gasteiger partial charge >= 0.3 is 0 Å². The second-order valence-corrected chi connectivity index (χ2v) is 6.88. The van der Waals surface area contributed by atoms with Gasteiger partial charge in [-0.15, -0.1) is 0 Å². The van der Waals surface area contributed by atoms with Crippen LogP contribution >= 0.6 is 0 Å². The predicted octanol–water partition coefficient (Wildman–Crippen LogP) is 3.11. The highest BCUT2D eigenvalue weighted by atomic mass is 16.2. The summed E-state index contributed by atoms with van der Waals surface area (Å²) in [5.74, 6) is 0.383. The Morgan fingerprint density at radius 1 is 1.21 bits per heavy atom. The number of benzene rings is 1. The van der Waals surface area contributed by atoms with Crippen LogP contribution in [0.5, 0.6) is 0 Å². The maximum Gasteiger partial charge on any atom is 0.227 e. The number of nitrogens with one attached hydrogen (secondary N) is 1. The van der Waals surface area contributed by atoms with Crippen molar-refractivity contribution >= 4 is 23.3 Å². The smallest absolute Gasteiger partial charge is 0.227 e. The van der Waals surface area contributed by atoms with Crippen LogP contribution in [0.2, 0.25) is 0 Å². The van der Waals surface area contributed by atoms with E-state index in [9.17, 15) is 14.4 Å². The molecule has 0 aliphatic carbocycles. The molecule has 0 radical (unpaired) electrons. The van der Waals surface area contributed by atoms with Gasteiger partial charge in [0, 0.05) is 36.7 Å². The lowest BCUT2D eigenvalue weighted by molar-refractivity contribution is -0.135. The van der Waals surface area contributed by atoms with Gasteiger partial charge in [-0.3, -0.25) is 14.4 Å². The molecule has 1 aromatic rings. The van der Waals surface area contributed by atoms with Crippen molar-refractivity contribution in [3.8, 4) is 0 Å². The molecule has 1 aliphatic heterocycles. The highest BCUT2D eigenvalue weighted by molar-refractivity contribution is 5.97. The number of rotatable bonds is 5. The molecule has 1 N–H and O–H groups in total. The van der Waals surface area contributed by atoms with Gasteiger partial charge < -0.3 is 10.2 Å². The quantitative estimate of drug-likeness (QED) is 0.844. The summed E-state index contributed by atoms with van der Waals surface area (Å²) in [4.78, 5) is 37.7. The molecule has 2 rings (SSSR count). The maximum atomic E-state index is 12.4. The zero-order valence-corrected chi connectivity index (χ0v) is 14.7. The Balaban J connectivity index is 1.88. The first-order valence-corrected chi connectivity index (χ1v) is 8.56. The van der Waals surface area contributed by atoms with E-state index >= 15 is 0 Å². The molecular formula is C19H26N2O3. The Bertz CT molecular complexity index is 617. The summed E-state index contributed by atoms with van der Waals surface area (Å²) in [5.41, 5.74) is 1.23. The van der Waals surface area contributed by atoms with Crippen LogP contribution in [-0.4, -0.2) is 35.6 Å². The Labute approximate surface area is 143 Å². The molecule has 0 saturated carbocycles. The molecule has 24 heavy (non-hydrogen) atoms. The van der Waals surface area contributed by atoms with Gasteiger partial charge in [0.05, 0.1) is 0 Å². The van der Waals surface area contributed by atoms with Crippen LogP contribution in [0.3, 0.4) is 0 Å². The van der Waals surface area contributed by atoms with E-state index in [1.807, 2.05) is 18.7 Å². The highest BCUT2D eigenvalue weighted by Crippen LogP contribution is 2.21. The zero-order chi connectivity index (χ0) is 17.7. The van der Waals surface area contributed by atoms with E-state index < -0.39 is 0 Å². The number of amides is 2. The van der Waals surface area contributed by atoms with Gasteiger partial charge in [0.1, 0.15) is 0 Å². The number of nitrogens with zero attached hydrogens (tertiary/aromatic N) is 1. The molecule has 1 fully saturated rings. The third kappa shape index (κ3) is 4.91. The summed E-state index contributed by atoms with van der Waals surface area (Å²) in [6.45, 7) is 6.85. The van der Waals surface area contributed by atoms with Gasteiger partial charge in [-0.2, -0.15) is 0 Å². The van der Waals surface area contributed by atoms with Gasteiger partial charge in [-0.05, 0) is 37.8 Å². The number of carbonyl (C=O) groups is 3. The van der Waals surface area contributed by atoms with Crippen LogP contribution in [0.15, 0.2) is 24.3 Å². The van der Waals surface area contributed by atoms with Crippen molar-refractivity contribution in [3.63, 3.8) is 0 Å². The minimum absolute atomic E-state index is 0.0249. The van der Waals surface area contributed by atoms with E-state index in [1.54, 1.807) is 24.3 Å². The molecule has 1 aromatic carbocycles. The molecule has 0 atom stereocenters. The summed E-state index contributed by atoms with van der Waals surface area (Å²) in [5, 5.41) is 2.89. The van der Waals surface area contributed by atoms with Crippen molar-refractivity contribution in [1.82, 2.24) is 4.90 Å². The topological polar surface area (TPSA) is 66.5 Å². The molecule has 5 nitrogen and oxygen atoms in total. The van der Waals surface area contributed by atoms with Crippen LogP contribution in [0, 0.1) is 11.8 Å². The standard InChI is InChI=1S/C19H26N2O3/c1-13(2)11-18(23)21-9-7-15(8-10-21)19(24)20-17-6-4-5-16(12-17)14(3)22/h4-6,12-13,15H,7-11H2,1-3H3,(H,20,24). The van der Waals surface area contributed by atoms with Gasteiger partial charge in [-0.25, -0.2) is 0 Å². The fourth-order valence-corrected chi connectivity index (χ4v) is 2.93. The molecule has 2 amide bonds. The fourth-order valence-electron chi connectivity index (χ4n) is 2.93.